The molecule has 11 heteroatoms. The molecule has 0 N–H and O–H groups in total. The van der Waals surface area contributed by atoms with Crippen molar-refractivity contribution >= 4 is 47.4 Å². The first-order valence-corrected chi connectivity index (χ1v) is 8.63. The summed E-state index contributed by atoms with van der Waals surface area (Å²) in [6, 6.07) is 0.776. The van der Waals surface area contributed by atoms with E-state index >= 15 is 0 Å². The summed E-state index contributed by atoms with van der Waals surface area (Å²) in [6.45, 7) is -0.248. The van der Waals surface area contributed by atoms with Crippen LogP contribution in [0.1, 0.15) is 12.0 Å². The number of aromatic nitrogens is 1. The lowest BCUT2D eigenvalue weighted by Gasteiger charge is -2.17. The molecule has 0 aliphatic carbocycles. The van der Waals surface area contributed by atoms with Gasteiger partial charge in [-0.3, -0.25) is 9.69 Å². The van der Waals surface area contributed by atoms with E-state index in [2.05, 4.69) is 20.9 Å². The standard InChI is InChI=1S/C10H7BrClF3N2O3S/c11-7-1-5(10(13,14)15)3-16-9(7)17-4-6(2-8(17)18)21(12,19)20/h1,3,6H,2,4H2. The molecule has 0 bridgehead atoms. The summed E-state index contributed by atoms with van der Waals surface area (Å²) in [4.78, 5) is 16.4. The number of alkyl halides is 3. The second-order valence-corrected chi connectivity index (χ2v) is 8.10. The van der Waals surface area contributed by atoms with Gasteiger partial charge in [0, 0.05) is 29.8 Å². The van der Waals surface area contributed by atoms with Crippen molar-refractivity contribution in [2.45, 2.75) is 17.8 Å². The van der Waals surface area contributed by atoms with Gasteiger partial charge in [0.2, 0.25) is 15.0 Å². The van der Waals surface area contributed by atoms with Crippen LogP contribution < -0.4 is 4.90 Å². The number of carbonyl (C=O) groups is 1. The molecule has 1 amide bonds. The number of hydrogen-bond acceptors (Lipinski definition) is 4. The predicted octanol–water partition coefficient (Wildman–Crippen LogP) is 2.54. The smallest absolute Gasteiger partial charge is 0.294 e. The number of amides is 1. The molecular formula is C10H7BrClF3N2O3S. The molecule has 21 heavy (non-hydrogen) atoms. The van der Waals surface area contributed by atoms with E-state index in [1.54, 1.807) is 0 Å². The van der Waals surface area contributed by atoms with Crippen LogP contribution in [0.2, 0.25) is 0 Å². The van der Waals surface area contributed by atoms with Crippen LogP contribution in [0, 0.1) is 0 Å². The first-order chi connectivity index (χ1) is 9.50. The summed E-state index contributed by atoms with van der Waals surface area (Å²) >= 11 is 2.91. The number of pyridine rings is 1. The van der Waals surface area contributed by atoms with Gasteiger partial charge in [-0.05, 0) is 22.0 Å². The normalized spacial score (nSPS) is 20.1. The minimum Gasteiger partial charge on any atom is -0.294 e. The van der Waals surface area contributed by atoms with Crippen molar-refractivity contribution in [3.05, 3.63) is 22.3 Å². The van der Waals surface area contributed by atoms with E-state index in [0.29, 0.717) is 6.20 Å². The SMILES string of the molecule is O=C1CC(S(=O)(=O)Cl)CN1c1ncc(C(F)(F)F)cc1Br. The molecule has 116 valence electrons. The summed E-state index contributed by atoms with van der Waals surface area (Å²) in [7, 11) is 1.26. The molecule has 1 aliphatic rings. The lowest BCUT2D eigenvalue weighted by atomic mass is 10.2. The van der Waals surface area contributed by atoms with Gasteiger partial charge >= 0.3 is 6.18 Å². The van der Waals surface area contributed by atoms with Gasteiger partial charge < -0.3 is 0 Å². The van der Waals surface area contributed by atoms with Gasteiger partial charge in [-0.25, -0.2) is 13.4 Å². The summed E-state index contributed by atoms with van der Waals surface area (Å²) in [6.07, 6.45) is -4.32. The van der Waals surface area contributed by atoms with Crippen LogP contribution in [-0.2, 0) is 20.0 Å². The van der Waals surface area contributed by atoms with Crippen LogP contribution in [0.5, 0.6) is 0 Å². The van der Waals surface area contributed by atoms with Gasteiger partial charge in [-0.1, -0.05) is 0 Å². The molecule has 1 aromatic rings. The second-order valence-electron chi connectivity index (χ2n) is 4.33. The fraction of sp³-hybridized carbons (Fsp3) is 0.400. The molecule has 1 unspecified atom stereocenters. The van der Waals surface area contributed by atoms with Crippen LogP contribution in [0.4, 0.5) is 19.0 Å². The number of halogens is 5. The molecule has 1 atom stereocenters. The summed E-state index contributed by atoms with van der Waals surface area (Å²) in [5, 5.41) is -1.11. The maximum Gasteiger partial charge on any atom is 0.417 e. The Morgan fingerprint density at radius 2 is 2.05 bits per heavy atom. The van der Waals surface area contributed by atoms with Crippen molar-refractivity contribution in [1.29, 1.82) is 0 Å². The summed E-state index contributed by atoms with van der Waals surface area (Å²) in [5.41, 5.74) is -0.980. The average molecular weight is 408 g/mol. The quantitative estimate of drug-likeness (QED) is 0.707. The maximum absolute atomic E-state index is 12.5. The van der Waals surface area contributed by atoms with Gasteiger partial charge in [0.1, 0.15) is 11.1 Å². The summed E-state index contributed by atoms with van der Waals surface area (Å²) in [5.74, 6) is -0.645. The van der Waals surface area contributed by atoms with Crippen molar-refractivity contribution in [3.63, 3.8) is 0 Å². The maximum atomic E-state index is 12.5. The Kier molecular flexibility index (Phi) is 4.24. The lowest BCUT2D eigenvalue weighted by molar-refractivity contribution is -0.137. The molecule has 0 spiro atoms. The van der Waals surface area contributed by atoms with E-state index in [4.69, 9.17) is 10.7 Å². The van der Waals surface area contributed by atoms with Crippen LogP contribution in [0.25, 0.3) is 0 Å². The van der Waals surface area contributed by atoms with Crippen LogP contribution >= 0.6 is 26.6 Å². The Labute approximate surface area is 130 Å². The molecule has 2 heterocycles. The highest BCUT2D eigenvalue weighted by Gasteiger charge is 2.40. The van der Waals surface area contributed by atoms with Crippen molar-refractivity contribution in [2.75, 3.05) is 11.4 Å². The number of rotatable bonds is 2. The fourth-order valence-electron chi connectivity index (χ4n) is 1.85. The minimum atomic E-state index is -4.56. The average Bonchev–Trinajstić information content (AvgIpc) is 2.70. The van der Waals surface area contributed by atoms with E-state index in [9.17, 15) is 26.4 Å². The van der Waals surface area contributed by atoms with Gasteiger partial charge in [0.15, 0.2) is 0 Å². The van der Waals surface area contributed by atoms with Crippen molar-refractivity contribution in [2.24, 2.45) is 0 Å². The molecule has 1 fully saturated rings. The second kappa shape index (κ2) is 5.40. The zero-order valence-electron chi connectivity index (χ0n) is 10.1. The van der Waals surface area contributed by atoms with E-state index in [0.717, 1.165) is 11.0 Å². The fourth-order valence-corrected chi connectivity index (χ4v) is 3.44. The third-order valence-corrected chi connectivity index (χ3v) is 5.34. The van der Waals surface area contributed by atoms with Crippen LogP contribution in [0.15, 0.2) is 16.7 Å². The Bertz CT molecular complexity index is 695. The first-order valence-electron chi connectivity index (χ1n) is 5.46. The predicted molar refractivity (Wildman–Crippen MR) is 72.5 cm³/mol. The monoisotopic (exact) mass is 406 g/mol. The van der Waals surface area contributed by atoms with Crippen molar-refractivity contribution in [1.82, 2.24) is 4.98 Å². The molecule has 0 aromatic carbocycles. The molecule has 1 aliphatic heterocycles. The van der Waals surface area contributed by atoms with E-state index in [1.807, 2.05) is 0 Å². The third kappa shape index (κ3) is 3.49. The number of anilines is 1. The Morgan fingerprint density at radius 3 is 2.48 bits per heavy atom. The highest BCUT2D eigenvalue weighted by molar-refractivity contribution is 9.10. The summed E-state index contributed by atoms with van der Waals surface area (Å²) < 4.78 is 60.0. The van der Waals surface area contributed by atoms with Gasteiger partial charge in [0.25, 0.3) is 0 Å². The van der Waals surface area contributed by atoms with E-state index < -0.39 is 31.9 Å². The minimum absolute atomic E-state index is 0.0571. The molecule has 2 rings (SSSR count). The number of carbonyl (C=O) groups excluding carboxylic acids is 1. The third-order valence-electron chi connectivity index (χ3n) is 2.89. The number of nitrogens with zero attached hydrogens (tertiary/aromatic N) is 2. The molecule has 0 radical (unpaired) electrons. The van der Waals surface area contributed by atoms with Gasteiger partial charge in [-0.2, -0.15) is 13.2 Å². The molecule has 0 saturated carbocycles. The van der Waals surface area contributed by atoms with Gasteiger partial charge in [0.05, 0.1) is 10.0 Å². The van der Waals surface area contributed by atoms with Crippen molar-refractivity contribution < 1.29 is 26.4 Å². The Balaban J connectivity index is 2.34. The molecule has 5 nitrogen and oxygen atoms in total. The largest absolute Gasteiger partial charge is 0.417 e. The zero-order chi connectivity index (χ0) is 16.0. The van der Waals surface area contributed by atoms with E-state index in [1.165, 1.54) is 0 Å². The van der Waals surface area contributed by atoms with E-state index in [-0.39, 0.29) is 23.3 Å². The molecule has 1 aromatic heterocycles. The van der Waals surface area contributed by atoms with Crippen molar-refractivity contribution in [3.8, 4) is 0 Å². The Morgan fingerprint density at radius 1 is 1.43 bits per heavy atom. The lowest BCUT2D eigenvalue weighted by Crippen LogP contribution is -2.28. The first kappa shape index (κ1) is 16.5. The highest BCUT2D eigenvalue weighted by atomic mass is 79.9. The van der Waals surface area contributed by atoms with Gasteiger partial charge in [-0.15, -0.1) is 0 Å². The Hall–Kier alpha value is -0.870. The molecular weight excluding hydrogens is 401 g/mol. The highest BCUT2D eigenvalue weighted by Crippen LogP contribution is 2.35. The van der Waals surface area contributed by atoms with Crippen LogP contribution in [-0.4, -0.2) is 31.1 Å². The molecule has 1 saturated heterocycles. The van der Waals surface area contributed by atoms with Crippen LogP contribution in [0.3, 0.4) is 0 Å². The number of hydrogen-bond donors (Lipinski definition) is 0. The zero-order valence-corrected chi connectivity index (χ0v) is 13.2. The topological polar surface area (TPSA) is 67.3 Å².